The van der Waals surface area contributed by atoms with Gasteiger partial charge in [0.2, 0.25) is 0 Å². The van der Waals surface area contributed by atoms with E-state index in [2.05, 4.69) is 0 Å². The van der Waals surface area contributed by atoms with Crippen LogP contribution in [0.2, 0.25) is 0 Å². The molecule has 0 aliphatic heterocycles. The molecule has 1 rings (SSSR count). The summed E-state index contributed by atoms with van der Waals surface area (Å²) in [5, 5.41) is 0. The standard InChI is InChI=1S/C7H13F2N/c1-5(10)4-7(8,9)6-2-3-6/h5-6H,2-4,10H2,1H3. The molecule has 0 aromatic heterocycles. The van der Waals surface area contributed by atoms with Crippen LogP contribution in [0.1, 0.15) is 26.2 Å². The van der Waals surface area contributed by atoms with Crippen molar-refractivity contribution in [3.8, 4) is 0 Å². The smallest absolute Gasteiger partial charge is 0.252 e. The van der Waals surface area contributed by atoms with Crippen LogP contribution >= 0.6 is 0 Å². The SMILES string of the molecule is CC(N)CC(F)(F)C1CC1. The predicted octanol–water partition coefficient (Wildman–Crippen LogP) is 1.77. The predicted molar refractivity (Wildman–Crippen MR) is 35.9 cm³/mol. The van der Waals surface area contributed by atoms with Crippen LogP contribution in [0.15, 0.2) is 0 Å². The topological polar surface area (TPSA) is 26.0 Å². The molecule has 3 heteroatoms. The molecule has 1 saturated carbocycles. The van der Waals surface area contributed by atoms with Gasteiger partial charge in [0, 0.05) is 18.4 Å². The van der Waals surface area contributed by atoms with Crippen LogP contribution in [0.25, 0.3) is 0 Å². The van der Waals surface area contributed by atoms with Crippen molar-refractivity contribution in [2.24, 2.45) is 11.7 Å². The van der Waals surface area contributed by atoms with Crippen LogP contribution in [-0.4, -0.2) is 12.0 Å². The van der Waals surface area contributed by atoms with E-state index in [0.29, 0.717) is 12.8 Å². The van der Waals surface area contributed by atoms with E-state index in [0.717, 1.165) is 0 Å². The Morgan fingerprint density at radius 1 is 1.60 bits per heavy atom. The lowest BCUT2D eigenvalue weighted by atomic mass is 10.1. The number of alkyl halides is 2. The van der Waals surface area contributed by atoms with Gasteiger partial charge in [0.15, 0.2) is 0 Å². The maximum Gasteiger partial charge on any atom is 0.252 e. The first-order valence-electron chi connectivity index (χ1n) is 3.66. The van der Waals surface area contributed by atoms with Gasteiger partial charge in [-0.3, -0.25) is 0 Å². The zero-order chi connectivity index (χ0) is 7.78. The number of halogens is 2. The molecule has 1 unspecified atom stereocenters. The second-order valence-corrected chi connectivity index (χ2v) is 3.22. The van der Waals surface area contributed by atoms with E-state index >= 15 is 0 Å². The van der Waals surface area contributed by atoms with E-state index in [9.17, 15) is 8.78 Å². The number of hydrogen-bond acceptors (Lipinski definition) is 1. The first-order valence-corrected chi connectivity index (χ1v) is 3.66. The molecule has 0 radical (unpaired) electrons. The van der Waals surface area contributed by atoms with Crippen LogP contribution in [0.3, 0.4) is 0 Å². The molecule has 1 atom stereocenters. The summed E-state index contributed by atoms with van der Waals surface area (Å²) in [5.74, 6) is -2.85. The van der Waals surface area contributed by atoms with Gasteiger partial charge in [0.1, 0.15) is 0 Å². The van der Waals surface area contributed by atoms with E-state index in [-0.39, 0.29) is 18.4 Å². The second-order valence-electron chi connectivity index (χ2n) is 3.22. The highest BCUT2D eigenvalue weighted by Gasteiger charge is 2.46. The third-order valence-electron chi connectivity index (χ3n) is 1.77. The van der Waals surface area contributed by atoms with Gasteiger partial charge in [0.25, 0.3) is 5.92 Å². The molecular weight excluding hydrogens is 136 g/mol. The first kappa shape index (κ1) is 7.92. The molecule has 0 aromatic rings. The molecule has 0 spiro atoms. The fourth-order valence-corrected chi connectivity index (χ4v) is 1.10. The lowest BCUT2D eigenvalue weighted by Crippen LogP contribution is -2.29. The molecule has 0 saturated heterocycles. The Balaban J connectivity index is 2.34. The Bertz CT molecular complexity index is 119. The molecule has 1 aliphatic carbocycles. The van der Waals surface area contributed by atoms with Crippen molar-refractivity contribution in [2.45, 2.75) is 38.2 Å². The minimum absolute atomic E-state index is 0.155. The van der Waals surface area contributed by atoms with Crippen LogP contribution in [0.5, 0.6) is 0 Å². The summed E-state index contributed by atoms with van der Waals surface area (Å²) < 4.78 is 25.6. The summed E-state index contributed by atoms with van der Waals surface area (Å²) in [6.45, 7) is 1.62. The lowest BCUT2D eigenvalue weighted by Gasteiger charge is -2.17. The molecule has 60 valence electrons. The highest BCUT2D eigenvalue weighted by Crippen LogP contribution is 2.45. The zero-order valence-corrected chi connectivity index (χ0v) is 6.11. The highest BCUT2D eigenvalue weighted by molar-refractivity contribution is 4.88. The average Bonchev–Trinajstić information content (AvgIpc) is 2.35. The van der Waals surface area contributed by atoms with Gasteiger partial charge >= 0.3 is 0 Å². The van der Waals surface area contributed by atoms with Crippen LogP contribution < -0.4 is 5.73 Å². The quantitative estimate of drug-likeness (QED) is 0.650. The highest BCUT2D eigenvalue weighted by atomic mass is 19.3. The van der Waals surface area contributed by atoms with E-state index in [1.165, 1.54) is 0 Å². The minimum atomic E-state index is -2.49. The molecule has 2 N–H and O–H groups in total. The summed E-state index contributed by atoms with van der Waals surface area (Å²) in [6.07, 6.45) is 1.21. The summed E-state index contributed by atoms with van der Waals surface area (Å²) in [6, 6.07) is -0.379. The lowest BCUT2D eigenvalue weighted by molar-refractivity contribution is -0.0347. The van der Waals surface area contributed by atoms with Crippen molar-refractivity contribution in [3.05, 3.63) is 0 Å². The molecule has 0 bridgehead atoms. The second kappa shape index (κ2) is 2.46. The van der Waals surface area contributed by atoms with Crippen molar-refractivity contribution in [2.75, 3.05) is 0 Å². The molecule has 1 fully saturated rings. The van der Waals surface area contributed by atoms with Gasteiger partial charge in [-0.2, -0.15) is 0 Å². The summed E-state index contributed by atoms with van der Waals surface area (Å²) in [5.41, 5.74) is 5.26. The van der Waals surface area contributed by atoms with Gasteiger partial charge in [-0.15, -0.1) is 0 Å². The molecule has 0 aromatic carbocycles. The summed E-state index contributed by atoms with van der Waals surface area (Å²) >= 11 is 0. The third-order valence-corrected chi connectivity index (χ3v) is 1.77. The first-order chi connectivity index (χ1) is 4.52. The van der Waals surface area contributed by atoms with Crippen molar-refractivity contribution >= 4 is 0 Å². The van der Waals surface area contributed by atoms with Gasteiger partial charge in [-0.25, -0.2) is 8.78 Å². The molecular formula is C7H13F2N. The van der Waals surface area contributed by atoms with Crippen molar-refractivity contribution in [1.82, 2.24) is 0 Å². The third kappa shape index (κ3) is 1.90. The van der Waals surface area contributed by atoms with Crippen molar-refractivity contribution in [3.63, 3.8) is 0 Å². The van der Waals surface area contributed by atoms with E-state index in [1.54, 1.807) is 6.92 Å². The fourth-order valence-electron chi connectivity index (χ4n) is 1.10. The molecule has 10 heavy (non-hydrogen) atoms. The summed E-state index contributed by atoms with van der Waals surface area (Å²) in [7, 11) is 0. The monoisotopic (exact) mass is 149 g/mol. The van der Waals surface area contributed by atoms with Gasteiger partial charge in [-0.1, -0.05) is 0 Å². The summed E-state index contributed by atoms with van der Waals surface area (Å²) in [4.78, 5) is 0. The molecule has 0 heterocycles. The zero-order valence-electron chi connectivity index (χ0n) is 6.11. The Morgan fingerprint density at radius 3 is 2.40 bits per heavy atom. The van der Waals surface area contributed by atoms with E-state index < -0.39 is 5.92 Å². The van der Waals surface area contributed by atoms with Gasteiger partial charge in [-0.05, 0) is 19.8 Å². The largest absolute Gasteiger partial charge is 0.328 e. The minimum Gasteiger partial charge on any atom is -0.328 e. The fraction of sp³-hybridized carbons (Fsp3) is 1.00. The maximum absolute atomic E-state index is 12.8. The molecule has 1 nitrogen and oxygen atoms in total. The van der Waals surface area contributed by atoms with Crippen LogP contribution in [0, 0.1) is 5.92 Å². The molecule has 1 aliphatic rings. The Morgan fingerprint density at radius 2 is 2.10 bits per heavy atom. The maximum atomic E-state index is 12.8. The Hall–Kier alpha value is -0.180. The Kier molecular flexibility index (Phi) is 1.95. The van der Waals surface area contributed by atoms with Crippen molar-refractivity contribution in [1.29, 1.82) is 0 Å². The van der Waals surface area contributed by atoms with Crippen LogP contribution in [0.4, 0.5) is 8.78 Å². The number of hydrogen-bond donors (Lipinski definition) is 1. The van der Waals surface area contributed by atoms with Crippen LogP contribution in [-0.2, 0) is 0 Å². The van der Waals surface area contributed by atoms with Crippen molar-refractivity contribution < 1.29 is 8.78 Å². The van der Waals surface area contributed by atoms with E-state index in [4.69, 9.17) is 5.73 Å². The van der Waals surface area contributed by atoms with Gasteiger partial charge in [0.05, 0.1) is 0 Å². The average molecular weight is 149 g/mol. The Labute approximate surface area is 59.6 Å². The van der Waals surface area contributed by atoms with E-state index in [1.807, 2.05) is 0 Å². The normalized spacial score (nSPS) is 22.8. The molecule has 0 amide bonds. The van der Waals surface area contributed by atoms with Gasteiger partial charge < -0.3 is 5.73 Å². The number of nitrogens with two attached hydrogens (primary N) is 1. The number of rotatable bonds is 3.